The minimum absolute atomic E-state index is 0.00398. The minimum Gasteiger partial charge on any atom is -0.388 e. The Balaban J connectivity index is 2.34. The fourth-order valence-electron chi connectivity index (χ4n) is 2.39. The maximum atomic E-state index is 12.0. The monoisotopic (exact) mass is 224 g/mol. The van der Waals surface area contributed by atoms with Gasteiger partial charge in [-0.15, -0.1) is 0 Å². The average molecular weight is 224 g/mol. The molecule has 1 unspecified atom stereocenters. The highest BCUT2D eigenvalue weighted by molar-refractivity contribution is 6.04. The van der Waals surface area contributed by atoms with Crippen LogP contribution in [-0.4, -0.2) is 10.9 Å². The van der Waals surface area contributed by atoms with E-state index in [0.29, 0.717) is 5.56 Å². The molecule has 0 saturated heterocycles. The fraction of sp³-hybridized carbons (Fsp3) is 0.133. The van der Waals surface area contributed by atoms with Crippen molar-refractivity contribution in [3.05, 3.63) is 59.7 Å². The van der Waals surface area contributed by atoms with Crippen LogP contribution in [0.3, 0.4) is 0 Å². The van der Waals surface area contributed by atoms with Gasteiger partial charge in [0.2, 0.25) is 0 Å². The summed E-state index contributed by atoms with van der Waals surface area (Å²) in [5.74, 6) is 0.00398. The molecule has 2 nitrogen and oxygen atoms in total. The lowest BCUT2D eigenvalue weighted by atomic mass is 9.96. The lowest BCUT2D eigenvalue weighted by Crippen LogP contribution is -2.04. The molecule has 0 aliphatic heterocycles. The van der Waals surface area contributed by atoms with Crippen molar-refractivity contribution < 1.29 is 9.90 Å². The number of rotatable bonds is 0. The van der Waals surface area contributed by atoms with E-state index >= 15 is 0 Å². The molecule has 2 heteroatoms. The van der Waals surface area contributed by atoms with Gasteiger partial charge in [0, 0.05) is 12.0 Å². The van der Waals surface area contributed by atoms with Crippen molar-refractivity contribution in [2.45, 2.75) is 12.5 Å². The molecule has 0 bridgehead atoms. The van der Waals surface area contributed by atoms with E-state index in [4.69, 9.17) is 0 Å². The van der Waals surface area contributed by atoms with Crippen LogP contribution in [0.2, 0.25) is 0 Å². The van der Waals surface area contributed by atoms with Gasteiger partial charge in [0.25, 0.3) is 0 Å². The lowest BCUT2D eigenvalue weighted by Gasteiger charge is -2.10. The first-order valence-electron chi connectivity index (χ1n) is 5.67. The molecule has 17 heavy (non-hydrogen) atoms. The molecular formula is C15H12O2. The molecule has 0 radical (unpaired) electrons. The summed E-state index contributed by atoms with van der Waals surface area (Å²) in [4.78, 5) is 12.0. The standard InChI is InChI=1S/C15H12O2/c16-14-9-15(17)13-8-4-2-6-11(13)10-5-1-3-7-12(10)14/h1-8,14,16H,9H2. The Morgan fingerprint density at radius 1 is 0.882 bits per heavy atom. The van der Waals surface area contributed by atoms with Crippen molar-refractivity contribution in [2.24, 2.45) is 0 Å². The van der Waals surface area contributed by atoms with Gasteiger partial charge in [0.05, 0.1) is 6.10 Å². The van der Waals surface area contributed by atoms with Gasteiger partial charge < -0.3 is 5.11 Å². The first kappa shape index (κ1) is 10.2. The van der Waals surface area contributed by atoms with Gasteiger partial charge in [-0.25, -0.2) is 0 Å². The van der Waals surface area contributed by atoms with Gasteiger partial charge in [0.1, 0.15) is 0 Å². The molecule has 3 rings (SSSR count). The third kappa shape index (κ3) is 1.58. The summed E-state index contributed by atoms with van der Waals surface area (Å²) in [6, 6.07) is 15.2. The predicted octanol–water partition coefficient (Wildman–Crippen LogP) is 2.97. The molecule has 0 fully saturated rings. The molecule has 1 N–H and O–H groups in total. The average Bonchev–Trinajstić information content (AvgIpc) is 2.48. The number of hydrogen-bond acceptors (Lipinski definition) is 2. The molecule has 0 amide bonds. The van der Waals surface area contributed by atoms with Crippen molar-refractivity contribution >= 4 is 5.78 Å². The summed E-state index contributed by atoms with van der Waals surface area (Å²) in [7, 11) is 0. The van der Waals surface area contributed by atoms with E-state index in [0.717, 1.165) is 16.7 Å². The normalized spacial score (nSPS) is 18.2. The highest BCUT2D eigenvalue weighted by Crippen LogP contribution is 2.36. The highest BCUT2D eigenvalue weighted by Gasteiger charge is 2.24. The van der Waals surface area contributed by atoms with Crippen LogP contribution in [0.1, 0.15) is 28.4 Å². The SMILES string of the molecule is O=C1CC(O)c2ccccc2-c2ccccc21. The molecule has 1 aliphatic rings. The van der Waals surface area contributed by atoms with Crippen molar-refractivity contribution in [1.29, 1.82) is 0 Å². The first-order chi connectivity index (χ1) is 8.27. The summed E-state index contributed by atoms with van der Waals surface area (Å²) in [5.41, 5.74) is 3.42. The molecule has 2 aromatic rings. The van der Waals surface area contributed by atoms with Crippen molar-refractivity contribution in [3.8, 4) is 11.1 Å². The van der Waals surface area contributed by atoms with Crippen molar-refractivity contribution in [1.82, 2.24) is 0 Å². The molecular weight excluding hydrogens is 212 g/mol. The number of fused-ring (bicyclic) bond motifs is 3. The van der Waals surface area contributed by atoms with Crippen LogP contribution in [0.15, 0.2) is 48.5 Å². The van der Waals surface area contributed by atoms with Gasteiger partial charge in [-0.2, -0.15) is 0 Å². The zero-order chi connectivity index (χ0) is 11.8. The topological polar surface area (TPSA) is 37.3 Å². The van der Waals surface area contributed by atoms with E-state index in [9.17, 15) is 9.90 Å². The highest BCUT2D eigenvalue weighted by atomic mass is 16.3. The van der Waals surface area contributed by atoms with Crippen LogP contribution in [0.5, 0.6) is 0 Å². The van der Waals surface area contributed by atoms with E-state index < -0.39 is 6.10 Å². The summed E-state index contributed by atoms with van der Waals surface area (Å²) in [6.45, 7) is 0. The molecule has 1 aliphatic carbocycles. The second-order valence-electron chi connectivity index (χ2n) is 4.28. The van der Waals surface area contributed by atoms with Crippen molar-refractivity contribution in [2.75, 3.05) is 0 Å². The maximum Gasteiger partial charge on any atom is 0.166 e. The second kappa shape index (κ2) is 3.82. The summed E-state index contributed by atoms with van der Waals surface area (Å²) < 4.78 is 0. The summed E-state index contributed by atoms with van der Waals surface area (Å²) in [5, 5.41) is 10.1. The molecule has 1 atom stereocenters. The first-order valence-corrected chi connectivity index (χ1v) is 5.67. The number of aliphatic hydroxyl groups excluding tert-OH is 1. The van der Waals surface area contributed by atoms with E-state index in [1.54, 1.807) is 0 Å². The summed E-state index contributed by atoms with van der Waals surface area (Å²) in [6.07, 6.45) is -0.542. The van der Waals surface area contributed by atoms with Crippen LogP contribution in [0.4, 0.5) is 0 Å². The Bertz CT molecular complexity index is 587. The fourth-order valence-corrected chi connectivity index (χ4v) is 2.39. The zero-order valence-corrected chi connectivity index (χ0v) is 9.26. The van der Waals surface area contributed by atoms with Crippen molar-refractivity contribution in [3.63, 3.8) is 0 Å². The van der Waals surface area contributed by atoms with Gasteiger partial charge in [-0.05, 0) is 16.7 Å². The van der Waals surface area contributed by atoms with E-state index in [-0.39, 0.29) is 12.2 Å². The van der Waals surface area contributed by atoms with Gasteiger partial charge >= 0.3 is 0 Å². The molecule has 0 aromatic heterocycles. The number of Topliss-reactive ketones (excluding diaryl/α,β-unsaturated/α-hetero) is 1. The van der Waals surface area contributed by atoms with Gasteiger partial charge in [-0.3, -0.25) is 4.79 Å². The number of benzene rings is 2. The Morgan fingerprint density at radius 2 is 1.47 bits per heavy atom. The Kier molecular flexibility index (Phi) is 2.30. The number of carbonyl (C=O) groups excluding carboxylic acids is 1. The molecule has 84 valence electrons. The number of carbonyl (C=O) groups is 1. The Hall–Kier alpha value is -1.93. The zero-order valence-electron chi connectivity index (χ0n) is 9.26. The molecule has 2 aromatic carbocycles. The third-order valence-electron chi connectivity index (χ3n) is 3.22. The largest absolute Gasteiger partial charge is 0.388 e. The number of aliphatic hydroxyl groups is 1. The third-order valence-corrected chi connectivity index (χ3v) is 3.22. The Morgan fingerprint density at radius 3 is 2.24 bits per heavy atom. The number of hydrogen-bond donors (Lipinski definition) is 1. The summed E-state index contributed by atoms with van der Waals surface area (Å²) >= 11 is 0. The van der Waals surface area contributed by atoms with E-state index in [1.165, 1.54) is 0 Å². The predicted molar refractivity (Wildman–Crippen MR) is 65.8 cm³/mol. The maximum absolute atomic E-state index is 12.0. The van der Waals surface area contributed by atoms with Crippen LogP contribution in [-0.2, 0) is 0 Å². The van der Waals surface area contributed by atoms with Gasteiger partial charge in [-0.1, -0.05) is 48.5 Å². The van der Waals surface area contributed by atoms with Crippen LogP contribution in [0.25, 0.3) is 11.1 Å². The lowest BCUT2D eigenvalue weighted by molar-refractivity contribution is 0.0885. The second-order valence-corrected chi connectivity index (χ2v) is 4.28. The quantitative estimate of drug-likeness (QED) is 0.747. The van der Waals surface area contributed by atoms with Crippen LogP contribution >= 0.6 is 0 Å². The van der Waals surface area contributed by atoms with Crippen LogP contribution < -0.4 is 0 Å². The molecule has 0 heterocycles. The van der Waals surface area contributed by atoms with Crippen LogP contribution in [0, 0.1) is 0 Å². The van der Waals surface area contributed by atoms with E-state index in [1.807, 2.05) is 48.5 Å². The molecule has 0 saturated carbocycles. The van der Waals surface area contributed by atoms with Gasteiger partial charge in [0.15, 0.2) is 5.78 Å². The minimum atomic E-state index is -0.703. The number of ketones is 1. The smallest absolute Gasteiger partial charge is 0.166 e. The molecule has 0 spiro atoms. The Labute approximate surface area is 99.5 Å². The van der Waals surface area contributed by atoms with E-state index in [2.05, 4.69) is 0 Å².